The molecular weight excluding hydrogens is 182 g/mol. The number of carbonyl (C=O) groups is 1. The average molecular weight is 193 g/mol. The maximum Gasteiger partial charge on any atom is 0.264 e. The van der Waals surface area contributed by atoms with Crippen molar-refractivity contribution in [2.24, 2.45) is 5.92 Å². The Morgan fingerprint density at radius 1 is 1.58 bits per heavy atom. The number of rotatable bonds is 3. The summed E-state index contributed by atoms with van der Waals surface area (Å²) in [5.41, 5.74) is 0. The van der Waals surface area contributed by atoms with E-state index in [9.17, 15) is 13.2 Å². The minimum Gasteiger partial charge on any atom is -0.350 e. The van der Waals surface area contributed by atoms with E-state index in [1.54, 1.807) is 6.92 Å². The summed E-state index contributed by atoms with van der Waals surface area (Å²) in [5, 5.41) is 2.54. The van der Waals surface area contributed by atoms with Crippen LogP contribution in [0.2, 0.25) is 0 Å². The third kappa shape index (κ3) is 2.18. The van der Waals surface area contributed by atoms with Crippen molar-refractivity contribution in [2.75, 3.05) is 12.9 Å². The Hall–Kier alpha value is -0.620. The van der Waals surface area contributed by atoms with Crippen LogP contribution in [-0.2, 0) is 19.1 Å². The molecule has 12 heavy (non-hydrogen) atoms. The molecule has 0 spiro atoms. The number of amides is 1. The molecule has 1 amide bonds. The van der Waals surface area contributed by atoms with Crippen molar-refractivity contribution in [3.05, 3.63) is 0 Å². The van der Waals surface area contributed by atoms with Gasteiger partial charge in [-0.05, 0) is 0 Å². The quantitative estimate of drug-likeness (QED) is 0.465. The fourth-order valence-electron chi connectivity index (χ4n) is 0.909. The summed E-state index contributed by atoms with van der Waals surface area (Å²) in [6.07, 6.45) is 0.984. The van der Waals surface area contributed by atoms with Crippen LogP contribution in [0.1, 0.15) is 6.92 Å². The predicted octanol–water partition coefficient (Wildman–Crippen LogP) is -0.903. The lowest BCUT2D eigenvalue weighted by molar-refractivity contribution is -0.135. The molecule has 70 valence electrons. The Bertz CT molecular complexity index is 284. The Labute approximate surface area is 71.2 Å². The van der Waals surface area contributed by atoms with Crippen LogP contribution < -0.4 is 5.32 Å². The molecule has 0 bridgehead atoms. The molecule has 0 radical (unpaired) electrons. The van der Waals surface area contributed by atoms with Crippen molar-refractivity contribution in [3.63, 3.8) is 0 Å². The molecule has 1 aliphatic heterocycles. The second kappa shape index (κ2) is 3.02. The molecule has 1 rings (SSSR count). The summed E-state index contributed by atoms with van der Waals surface area (Å²) < 4.78 is 25.6. The van der Waals surface area contributed by atoms with Crippen LogP contribution in [0, 0.1) is 5.92 Å². The van der Waals surface area contributed by atoms with Crippen LogP contribution in [0.3, 0.4) is 0 Å². The molecule has 5 nitrogen and oxygen atoms in total. The molecule has 0 aromatic carbocycles. The lowest BCUT2D eigenvalue weighted by Gasteiger charge is -2.33. The maximum absolute atomic E-state index is 10.6. The van der Waals surface area contributed by atoms with Crippen LogP contribution in [0.4, 0.5) is 0 Å². The largest absolute Gasteiger partial charge is 0.350 e. The fourth-order valence-corrected chi connectivity index (χ4v) is 1.30. The normalized spacial score (nSPS) is 29.3. The van der Waals surface area contributed by atoms with Gasteiger partial charge in [-0.1, -0.05) is 6.92 Å². The number of β-lactam (4-membered cyclic amide) rings is 1. The lowest BCUT2D eigenvalue weighted by Crippen LogP contribution is -2.59. The molecule has 1 fully saturated rings. The fraction of sp³-hybridized carbons (Fsp3) is 0.833. The van der Waals surface area contributed by atoms with Gasteiger partial charge in [0.15, 0.2) is 0 Å². The summed E-state index contributed by atoms with van der Waals surface area (Å²) in [6, 6.07) is -0.160. The van der Waals surface area contributed by atoms with Gasteiger partial charge in [-0.2, -0.15) is 8.42 Å². The van der Waals surface area contributed by atoms with Gasteiger partial charge in [-0.15, -0.1) is 0 Å². The van der Waals surface area contributed by atoms with Crippen molar-refractivity contribution in [2.45, 2.75) is 13.0 Å². The van der Waals surface area contributed by atoms with Crippen molar-refractivity contribution in [1.82, 2.24) is 5.32 Å². The van der Waals surface area contributed by atoms with Crippen molar-refractivity contribution in [3.8, 4) is 0 Å². The highest BCUT2D eigenvalue weighted by Gasteiger charge is 2.35. The average Bonchev–Trinajstić information content (AvgIpc) is 1.95. The zero-order valence-corrected chi connectivity index (χ0v) is 7.72. The van der Waals surface area contributed by atoms with Crippen LogP contribution >= 0.6 is 0 Å². The van der Waals surface area contributed by atoms with E-state index in [1.165, 1.54) is 0 Å². The SMILES string of the molecule is C[C@H]1C(=O)N[C@H]1COS(C)(=O)=O. The molecule has 0 unspecified atom stereocenters. The third-order valence-electron chi connectivity index (χ3n) is 1.81. The third-order valence-corrected chi connectivity index (χ3v) is 2.37. The molecular formula is C6H11NO4S. The van der Waals surface area contributed by atoms with Crippen LogP contribution in [0.25, 0.3) is 0 Å². The van der Waals surface area contributed by atoms with Crippen LogP contribution in [0.15, 0.2) is 0 Å². The maximum atomic E-state index is 10.6. The summed E-state index contributed by atoms with van der Waals surface area (Å²) in [4.78, 5) is 10.6. The van der Waals surface area contributed by atoms with E-state index in [2.05, 4.69) is 9.50 Å². The molecule has 1 saturated heterocycles. The zero-order chi connectivity index (χ0) is 9.35. The number of nitrogens with one attached hydrogen (secondary N) is 1. The Balaban J connectivity index is 2.31. The molecule has 6 heteroatoms. The van der Waals surface area contributed by atoms with Crippen molar-refractivity contribution in [1.29, 1.82) is 0 Å². The van der Waals surface area contributed by atoms with E-state index in [4.69, 9.17) is 0 Å². The highest BCUT2D eigenvalue weighted by molar-refractivity contribution is 7.85. The van der Waals surface area contributed by atoms with Gasteiger partial charge in [0.1, 0.15) is 0 Å². The van der Waals surface area contributed by atoms with Crippen molar-refractivity contribution >= 4 is 16.0 Å². The summed E-state index contributed by atoms with van der Waals surface area (Å²) in [6.45, 7) is 1.76. The van der Waals surface area contributed by atoms with E-state index in [0.717, 1.165) is 6.26 Å². The monoisotopic (exact) mass is 193 g/mol. The first-order valence-electron chi connectivity index (χ1n) is 3.55. The standard InChI is InChI=1S/C6H11NO4S/c1-4-5(7-6(4)8)3-11-12(2,9)10/h4-5H,3H2,1-2H3,(H,7,8)/t4-,5+/m1/s1. The molecule has 1 N–H and O–H groups in total. The molecule has 1 aliphatic rings. The zero-order valence-electron chi connectivity index (χ0n) is 6.90. The van der Waals surface area contributed by atoms with Crippen LogP contribution in [0.5, 0.6) is 0 Å². The molecule has 0 aromatic heterocycles. The highest BCUT2D eigenvalue weighted by Crippen LogP contribution is 2.14. The second-order valence-corrected chi connectivity index (χ2v) is 4.54. The molecule has 0 aliphatic carbocycles. The van der Waals surface area contributed by atoms with Crippen molar-refractivity contribution < 1.29 is 17.4 Å². The highest BCUT2D eigenvalue weighted by atomic mass is 32.2. The summed E-state index contributed by atoms with van der Waals surface area (Å²) >= 11 is 0. The molecule has 0 aromatic rings. The summed E-state index contributed by atoms with van der Waals surface area (Å²) in [5.74, 6) is -0.205. The second-order valence-electron chi connectivity index (χ2n) is 2.89. The minimum absolute atomic E-state index is 0.0335. The van der Waals surface area contributed by atoms with E-state index in [1.807, 2.05) is 0 Å². The summed E-state index contributed by atoms with van der Waals surface area (Å²) in [7, 11) is -3.39. The van der Waals surface area contributed by atoms with Gasteiger partial charge in [0, 0.05) is 0 Å². The van der Waals surface area contributed by atoms with Gasteiger partial charge in [-0.3, -0.25) is 8.98 Å². The van der Waals surface area contributed by atoms with Crippen LogP contribution in [-0.4, -0.2) is 33.2 Å². The Morgan fingerprint density at radius 2 is 2.17 bits per heavy atom. The van der Waals surface area contributed by atoms with E-state index >= 15 is 0 Å². The number of carbonyl (C=O) groups excluding carboxylic acids is 1. The molecule has 1 heterocycles. The first kappa shape index (κ1) is 9.47. The van der Waals surface area contributed by atoms with Gasteiger partial charge in [0.2, 0.25) is 5.91 Å². The molecule has 0 saturated carbocycles. The van der Waals surface area contributed by atoms with Gasteiger partial charge >= 0.3 is 0 Å². The van der Waals surface area contributed by atoms with E-state index < -0.39 is 10.1 Å². The lowest BCUT2D eigenvalue weighted by atomic mass is 9.94. The van der Waals surface area contributed by atoms with E-state index in [-0.39, 0.29) is 24.5 Å². The first-order chi connectivity index (χ1) is 5.40. The Kier molecular flexibility index (Phi) is 2.39. The van der Waals surface area contributed by atoms with Gasteiger partial charge in [0.05, 0.1) is 24.8 Å². The topological polar surface area (TPSA) is 72.5 Å². The Morgan fingerprint density at radius 3 is 2.50 bits per heavy atom. The van der Waals surface area contributed by atoms with Gasteiger partial charge < -0.3 is 5.32 Å². The molecule has 2 atom stereocenters. The van der Waals surface area contributed by atoms with Gasteiger partial charge in [0.25, 0.3) is 10.1 Å². The smallest absolute Gasteiger partial charge is 0.264 e. The van der Waals surface area contributed by atoms with E-state index in [0.29, 0.717) is 0 Å². The predicted molar refractivity (Wildman–Crippen MR) is 41.9 cm³/mol. The minimum atomic E-state index is -3.39. The number of hydrogen-bond acceptors (Lipinski definition) is 4. The number of hydrogen-bond donors (Lipinski definition) is 1. The first-order valence-corrected chi connectivity index (χ1v) is 5.36. The van der Waals surface area contributed by atoms with Gasteiger partial charge in [-0.25, -0.2) is 0 Å².